The zero-order valence-electron chi connectivity index (χ0n) is 9.35. The van der Waals surface area contributed by atoms with Gasteiger partial charge in [-0.25, -0.2) is 4.39 Å². The summed E-state index contributed by atoms with van der Waals surface area (Å²) in [4.78, 5) is 0. The van der Waals surface area contributed by atoms with Crippen molar-refractivity contribution in [2.45, 2.75) is 26.8 Å². The van der Waals surface area contributed by atoms with Crippen LogP contribution in [0.1, 0.15) is 25.8 Å². The van der Waals surface area contributed by atoms with Crippen molar-refractivity contribution in [1.29, 1.82) is 0 Å². The molecule has 1 N–H and O–H groups in total. The summed E-state index contributed by atoms with van der Waals surface area (Å²) < 4.78 is 18.4. The predicted octanol–water partition coefficient (Wildman–Crippen LogP) is 2.72. The second-order valence-corrected chi connectivity index (χ2v) is 3.40. The molecule has 84 valence electrons. The number of nitrogens with one attached hydrogen (secondary N) is 1. The maximum atomic E-state index is 13.2. The lowest BCUT2D eigenvalue weighted by molar-refractivity contribution is 0.337. The first kappa shape index (κ1) is 12.0. The van der Waals surface area contributed by atoms with E-state index in [2.05, 4.69) is 12.2 Å². The van der Waals surface area contributed by atoms with E-state index in [4.69, 9.17) is 4.74 Å². The van der Waals surface area contributed by atoms with E-state index in [0.29, 0.717) is 18.9 Å². The molecule has 2 nitrogen and oxygen atoms in total. The highest BCUT2D eigenvalue weighted by atomic mass is 19.1. The lowest BCUT2D eigenvalue weighted by Gasteiger charge is -2.07. The van der Waals surface area contributed by atoms with Crippen molar-refractivity contribution in [1.82, 2.24) is 5.32 Å². The second kappa shape index (κ2) is 6.40. The number of halogens is 1. The average Bonchev–Trinajstić information content (AvgIpc) is 2.18. The third kappa shape index (κ3) is 4.30. The number of hydrogen-bond acceptors (Lipinski definition) is 2. The van der Waals surface area contributed by atoms with Crippen molar-refractivity contribution < 1.29 is 9.13 Å². The molecule has 0 bridgehead atoms. The summed E-state index contributed by atoms with van der Waals surface area (Å²) in [6.45, 7) is 6.18. The molecule has 0 saturated carbocycles. The van der Waals surface area contributed by atoms with Gasteiger partial charge in [0.1, 0.15) is 11.6 Å². The van der Waals surface area contributed by atoms with Crippen molar-refractivity contribution in [2.75, 3.05) is 13.2 Å². The number of benzene rings is 1. The average molecular weight is 211 g/mol. The van der Waals surface area contributed by atoms with Crippen LogP contribution in [0.3, 0.4) is 0 Å². The minimum Gasteiger partial charge on any atom is -0.494 e. The van der Waals surface area contributed by atoms with E-state index >= 15 is 0 Å². The van der Waals surface area contributed by atoms with Crippen LogP contribution in [-0.4, -0.2) is 13.2 Å². The van der Waals surface area contributed by atoms with Gasteiger partial charge in [-0.15, -0.1) is 0 Å². The smallest absolute Gasteiger partial charge is 0.127 e. The minimum absolute atomic E-state index is 0.241. The van der Waals surface area contributed by atoms with Crippen LogP contribution in [0.2, 0.25) is 0 Å². The van der Waals surface area contributed by atoms with Gasteiger partial charge >= 0.3 is 0 Å². The molecule has 1 rings (SSSR count). The van der Waals surface area contributed by atoms with Crippen molar-refractivity contribution in [3.8, 4) is 5.75 Å². The molecule has 1 aromatic carbocycles. The van der Waals surface area contributed by atoms with Crippen LogP contribution < -0.4 is 10.1 Å². The van der Waals surface area contributed by atoms with Crippen LogP contribution >= 0.6 is 0 Å². The molecule has 0 fully saturated rings. The molecule has 0 spiro atoms. The predicted molar refractivity (Wildman–Crippen MR) is 59.6 cm³/mol. The Balaban J connectivity index is 2.62. The number of ether oxygens (including phenoxy) is 1. The molecule has 0 aliphatic heterocycles. The van der Waals surface area contributed by atoms with E-state index in [-0.39, 0.29) is 5.82 Å². The van der Waals surface area contributed by atoms with Crippen LogP contribution in [0.15, 0.2) is 18.2 Å². The molecule has 0 heterocycles. The highest BCUT2D eigenvalue weighted by Gasteiger charge is 2.00. The van der Waals surface area contributed by atoms with Gasteiger partial charge in [0, 0.05) is 12.6 Å². The molecule has 15 heavy (non-hydrogen) atoms. The van der Waals surface area contributed by atoms with Crippen LogP contribution in [0.25, 0.3) is 0 Å². The van der Waals surface area contributed by atoms with Gasteiger partial charge in [-0.2, -0.15) is 0 Å². The maximum Gasteiger partial charge on any atom is 0.127 e. The quantitative estimate of drug-likeness (QED) is 0.730. The topological polar surface area (TPSA) is 21.3 Å². The fourth-order valence-corrected chi connectivity index (χ4v) is 1.38. The van der Waals surface area contributed by atoms with Gasteiger partial charge in [-0.3, -0.25) is 0 Å². The molecule has 0 aromatic heterocycles. The van der Waals surface area contributed by atoms with Gasteiger partial charge in [-0.1, -0.05) is 6.92 Å². The van der Waals surface area contributed by atoms with Gasteiger partial charge in [0.25, 0.3) is 0 Å². The summed E-state index contributed by atoms with van der Waals surface area (Å²) in [5.74, 6) is 0.361. The third-order valence-electron chi connectivity index (χ3n) is 2.00. The monoisotopic (exact) mass is 211 g/mol. The SMILES string of the molecule is CCCNCc1cc(F)cc(OCC)c1. The Bertz CT molecular complexity index is 302. The molecule has 3 heteroatoms. The van der Waals surface area contributed by atoms with Gasteiger partial charge in [0.2, 0.25) is 0 Å². The molecule has 0 saturated heterocycles. The first-order valence-electron chi connectivity index (χ1n) is 5.39. The first-order valence-corrected chi connectivity index (χ1v) is 5.39. The van der Waals surface area contributed by atoms with Gasteiger partial charge in [-0.05, 0) is 37.6 Å². The lowest BCUT2D eigenvalue weighted by Crippen LogP contribution is -2.14. The summed E-state index contributed by atoms with van der Waals surface area (Å²) in [5, 5.41) is 3.23. The Kier molecular flexibility index (Phi) is 5.12. The number of hydrogen-bond donors (Lipinski definition) is 1. The molecular formula is C12H18FNO. The largest absolute Gasteiger partial charge is 0.494 e. The van der Waals surface area contributed by atoms with E-state index in [1.165, 1.54) is 12.1 Å². The summed E-state index contributed by atoms with van der Waals surface area (Å²) in [6.07, 6.45) is 1.08. The Morgan fingerprint density at radius 3 is 2.73 bits per heavy atom. The summed E-state index contributed by atoms with van der Waals surface area (Å²) in [7, 11) is 0. The normalized spacial score (nSPS) is 10.3. The number of rotatable bonds is 6. The maximum absolute atomic E-state index is 13.2. The summed E-state index contributed by atoms with van der Waals surface area (Å²) >= 11 is 0. The zero-order chi connectivity index (χ0) is 11.1. The molecule has 0 amide bonds. The van der Waals surface area contributed by atoms with Crippen molar-refractivity contribution >= 4 is 0 Å². The zero-order valence-corrected chi connectivity index (χ0v) is 9.35. The second-order valence-electron chi connectivity index (χ2n) is 3.40. The van der Waals surface area contributed by atoms with Crippen LogP contribution in [0.4, 0.5) is 4.39 Å². The van der Waals surface area contributed by atoms with Gasteiger partial charge in [0.05, 0.1) is 6.61 Å². The standard InChI is InChI=1S/C12H18FNO/c1-3-5-14-9-10-6-11(13)8-12(7-10)15-4-2/h6-8,14H,3-5,9H2,1-2H3. The van der Waals surface area contributed by atoms with Crippen LogP contribution in [0.5, 0.6) is 5.75 Å². The molecule has 0 radical (unpaired) electrons. The Morgan fingerprint density at radius 2 is 2.07 bits per heavy atom. The van der Waals surface area contributed by atoms with Crippen LogP contribution in [0, 0.1) is 5.82 Å². The Hall–Kier alpha value is -1.09. The molecule has 1 aromatic rings. The van der Waals surface area contributed by atoms with E-state index in [9.17, 15) is 4.39 Å². The molecule has 0 unspecified atom stereocenters. The van der Waals surface area contributed by atoms with Crippen molar-refractivity contribution in [2.24, 2.45) is 0 Å². The Morgan fingerprint density at radius 1 is 1.27 bits per heavy atom. The fraction of sp³-hybridized carbons (Fsp3) is 0.500. The highest BCUT2D eigenvalue weighted by molar-refractivity contribution is 5.29. The third-order valence-corrected chi connectivity index (χ3v) is 2.00. The Labute approximate surface area is 90.4 Å². The van der Waals surface area contributed by atoms with Gasteiger partial charge in [0.15, 0.2) is 0 Å². The van der Waals surface area contributed by atoms with E-state index in [0.717, 1.165) is 18.5 Å². The molecule has 0 atom stereocenters. The summed E-state index contributed by atoms with van der Waals surface area (Å²) in [5.41, 5.74) is 0.923. The molecule has 0 aliphatic carbocycles. The minimum atomic E-state index is -0.241. The first-order chi connectivity index (χ1) is 7.26. The van der Waals surface area contributed by atoms with E-state index in [1.807, 2.05) is 13.0 Å². The van der Waals surface area contributed by atoms with E-state index in [1.54, 1.807) is 0 Å². The fourth-order valence-electron chi connectivity index (χ4n) is 1.38. The molecular weight excluding hydrogens is 193 g/mol. The van der Waals surface area contributed by atoms with Gasteiger partial charge < -0.3 is 10.1 Å². The molecule has 0 aliphatic rings. The lowest BCUT2D eigenvalue weighted by atomic mass is 10.2. The van der Waals surface area contributed by atoms with Crippen molar-refractivity contribution in [3.63, 3.8) is 0 Å². The summed E-state index contributed by atoms with van der Waals surface area (Å²) in [6, 6.07) is 4.81. The van der Waals surface area contributed by atoms with Crippen LogP contribution in [-0.2, 0) is 6.54 Å². The van der Waals surface area contributed by atoms with E-state index < -0.39 is 0 Å². The van der Waals surface area contributed by atoms with Crippen molar-refractivity contribution in [3.05, 3.63) is 29.6 Å². The highest BCUT2D eigenvalue weighted by Crippen LogP contribution is 2.16.